The van der Waals surface area contributed by atoms with Crippen LogP contribution in [0.25, 0.3) is 11.0 Å². The number of carboxylic acid groups (broad SMARTS) is 1. The molecule has 1 N–H and O–H groups in total. The van der Waals surface area contributed by atoms with Crippen LogP contribution < -0.4 is 0 Å². The van der Waals surface area contributed by atoms with E-state index in [0.29, 0.717) is 11.9 Å². The molecule has 22 heavy (non-hydrogen) atoms. The van der Waals surface area contributed by atoms with Gasteiger partial charge in [-0.15, -0.1) is 0 Å². The second-order valence-electron chi connectivity index (χ2n) is 5.59. The zero-order valence-electron chi connectivity index (χ0n) is 11.8. The standard InChI is InChI=1S/C13H15N3O5S/c1-8-5-9(13(17)18)7-16(6-8)22(19,20)11-4-2-3-10-12(11)15-21-14-10/h2-4,8-9H,5-7H2,1H3,(H,17,18). The lowest BCUT2D eigenvalue weighted by molar-refractivity contribution is -0.143. The number of aliphatic carboxylic acids is 1. The number of nitrogens with zero attached hydrogens (tertiary/aromatic N) is 3. The molecule has 1 aliphatic rings. The van der Waals surface area contributed by atoms with Crippen LogP contribution in [0.5, 0.6) is 0 Å². The third kappa shape index (κ3) is 2.46. The fourth-order valence-electron chi connectivity index (χ4n) is 2.81. The number of benzene rings is 1. The van der Waals surface area contributed by atoms with Crippen LogP contribution >= 0.6 is 0 Å². The Morgan fingerprint density at radius 3 is 2.86 bits per heavy atom. The maximum atomic E-state index is 12.8. The Hall–Kier alpha value is -2.00. The van der Waals surface area contributed by atoms with E-state index in [4.69, 9.17) is 0 Å². The zero-order valence-corrected chi connectivity index (χ0v) is 12.7. The predicted molar refractivity (Wildman–Crippen MR) is 75.5 cm³/mol. The fourth-order valence-corrected chi connectivity index (χ4v) is 4.55. The number of aromatic nitrogens is 2. The quantitative estimate of drug-likeness (QED) is 0.893. The van der Waals surface area contributed by atoms with Gasteiger partial charge in [0.1, 0.15) is 10.4 Å². The second-order valence-corrected chi connectivity index (χ2v) is 7.49. The molecule has 1 saturated heterocycles. The van der Waals surface area contributed by atoms with Crippen LogP contribution in [0, 0.1) is 11.8 Å². The first-order valence-electron chi connectivity index (χ1n) is 6.84. The number of piperidine rings is 1. The number of hydrogen-bond acceptors (Lipinski definition) is 6. The molecule has 9 heteroatoms. The molecule has 1 aromatic carbocycles. The van der Waals surface area contributed by atoms with Crippen molar-refractivity contribution in [3.05, 3.63) is 18.2 Å². The fraction of sp³-hybridized carbons (Fsp3) is 0.462. The molecule has 0 bridgehead atoms. The predicted octanol–water partition coefficient (Wildman–Crippen LogP) is 0.954. The number of carboxylic acids is 1. The summed E-state index contributed by atoms with van der Waals surface area (Å²) < 4.78 is 31.5. The Morgan fingerprint density at radius 1 is 1.36 bits per heavy atom. The van der Waals surface area contributed by atoms with E-state index in [2.05, 4.69) is 14.9 Å². The molecule has 2 heterocycles. The van der Waals surface area contributed by atoms with Crippen LogP contribution in [0.2, 0.25) is 0 Å². The van der Waals surface area contributed by atoms with Gasteiger partial charge in [-0.3, -0.25) is 4.79 Å². The van der Waals surface area contributed by atoms with Gasteiger partial charge in [0.15, 0.2) is 5.52 Å². The highest BCUT2D eigenvalue weighted by atomic mass is 32.2. The molecule has 8 nitrogen and oxygen atoms in total. The van der Waals surface area contributed by atoms with Crippen molar-refractivity contribution in [2.75, 3.05) is 13.1 Å². The molecule has 118 valence electrons. The van der Waals surface area contributed by atoms with Gasteiger partial charge in [-0.1, -0.05) is 13.0 Å². The van der Waals surface area contributed by atoms with Crippen molar-refractivity contribution < 1.29 is 22.9 Å². The van der Waals surface area contributed by atoms with Gasteiger partial charge in [0.2, 0.25) is 10.0 Å². The summed E-state index contributed by atoms with van der Waals surface area (Å²) in [6.45, 7) is 2.09. The molecule has 1 fully saturated rings. The Kier molecular flexibility index (Phi) is 3.61. The van der Waals surface area contributed by atoms with Crippen LogP contribution in [0.15, 0.2) is 27.7 Å². The molecule has 0 radical (unpaired) electrons. The molecular formula is C13H15N3O5S. The molecule has 2 aromatic rings. The second kappa shape index (κ2) is 5.33. The van der Waals surface area contributed by atoms with Crippen molar-refractivity contribution >= 4 is 27.0 Å². The monoisotopic (exact) mass is 325 g/mol. The third-order valence-corrected chi connectivity index (χ3v) is 5.71. The Morgan fingerprint density at radius 2 is 2.14 bits per heavy atom. The van der Waals surface area contributed by atoms with Crippen LogP contribution in [0.4, 0.5) is 0 Å². The van der Waals surface area contributed by atoms with E-state index in [1.54, 1.807) is 12.1 Å². The molecule has 2 atom stereocenters. The first kappa shape index (κ1) is 14.9. The summed E-state index contributed by atoms with van der Waals surface area (Å²) in [5.41, 5.74) is 0.508. The van der Waals surface area contributed by atoms with Crippen molar-refractivity contribution in [3.8, 4) is 0 Å². The summed E-state index contributed by atoms with van der Waals surface area (Å²) in [5.74, 6) is -1.71. The molecule has 0 saturated carbocycles. The van der Waals surface area contributed by atoms with Crippen molar-refractivity contribution in [3.63, 3.8) is 0 Å². The van der Waals surface area contributed by atoms with E-state index in [9.17, 15) is 18.3 Å². The molecule has 0 amide bonds. The highest BCUT2D eigenvalue weighted by Gasteiger charge is 2.37. The van der Waals surface area contributed by atoms with Gasteiger partial charge < -0.3 is 5.11 Å². The molecule has 3 rings (SSSR count). The largest absolute Gasteiger partial charge is 0.481 e. The average molecular weight is 325 g/mol. The number of fused-ring (bicyclic) bond motifs is 1. The van der Waals surface area contributed by atoms with Gasteiger partial charge in [-0.05, 0) is 34.8 Å². The highest BCUT2D eigenvalue weighted by Crippen LogP contribution is 2.29. The summed E-state index contributed by atoms with van der Waals surface area (Å²) in [6, 6.07) is 4.59. The van der Waals surface area contributed by atoms with E-state index in [-0.39, 0.29) is 29.4 Å². The Balaban J connectivity index is 2.02. The summed E-state index contributed by atoms with van der Waals surface area (Å²) in [4.78, 5) is 11.2. The van der Waals surface area contributed by atoms with Crippen molar-refractivity contribution in [1.82, 2.24) is 14.6 Å². The van der Waals surface area contributed by atoms with Crippen molar-refractivity contribution in [2.45, 2.75) is 18.2 Å². The molecule has 1 aromatic heterocycles. The van der Waals surface area contributed by atoms with Gasteiger partial charge in [-0.2, -0.15) is 4.31 Å². The van der Waals surface area contributed by atoms with Crippen LogP contribution in [0.1, 0.15) is 13.3 Å². The molecule has 0 spiro atoms. The van der Waals surface area contributed by atoms with Gasteiger partial charge in [0.25, 0.3) is 0 Å². The average Bonchev–Trinajstić information content (AvgIpc) is 2.94. The number of hydrogen-bond donors (Lipinski definition) is 1. The summed E-state index contributed by atoms with van der Waals surface area (Å²) in [5, 5.41) is 16.5. The van der Waals surface area contributed by atoms with Gasteiger partial charge >= 0.3 is 5.97 Å². The van der Waals surface area contributed by atoms with Crippen LogP contribution in [0.3, 0.4) is 0 Å². The number of rotatable bonds is 3. The van der Waals surface area contributed by atoms with E-state index in [1.807, 2.05) is 6.92 Å². The van der Waals surface area contributed by atoms with E-state index in [0.717, 1.165) is 0 Å². The maximum absolute atomic E-state index is 12.8. The van der Waals surface area contributed by atoms with Crippen molar-refractivity contribution in [1.29, 1.82) is 0 Å². The summed E-state index contributed by atoms with van der Waals surface area (Å²) in [6.07, 6.45) is 0.469. The lowest BCUT2D eigenvalue weighted by Gasteiger charge is -2.33. The summed E-state index contributed by atoms with van der Waals surface area (Å²) >= 11 is 0. The Bertz CT molecular complexity index is 816. The maximum Gasteiger partial charge on any atom is 0.307 e. The SMILES string of the molecule is CC1CC(C(=O)O)CN(S(=O)(=O)c2cccc3nonc23)C1. The van der Waals surface area contributed by atoms with E-state index < -0.39 is 21.9 Å². The zero-order chi connectivity index (χ0) is 15.9. The van der Waals surface area contributed by atoms with Gasteiger partial charge in [0.05, 0.1) is 5.92 Å². The highest BCUT2D eigenvalue weighted by molar-refractivity contribution is 7.89. The first-order valence-corrected chi connectivity index (χ1v) is 8.28. The molecule has 1 aliphatic heterocycles. The minimum atomic E-state index is -3.85. The lowest BCUT2D eigenvalue weighted by Crippen LogP contribution is -2.45. The van der Waals surface area contributed by atoms with Gasteiger partial charge in [-0.25, -0.2) is 13.0 Å². The molecule has 0 aliphatic carbocycles. The lowest BCUT2D eigenvalue weighted by atomic mass is 9.92. The normalized spacial score (nSPS) is 23.7. The van der Waals surface area contributed by atoms with Gasteiger partial charge in [0, 0.05) is 13.1 Å². The summed E-state index contributed by atoms with van der Waals surface area (Å²) in [7, 11) is -3.85. The van der Waals surface area contributed by atoms with E-state index in [1.165, 1.54) is 10.4 Å². The third-order valence-electron chi connectivity index (χ3n) is 3.84. The first-order chi connectivity index (χ1) is 10.4. The van der Waals surface area contributed by atoms with Crippen LogP contribution in [-0.2, 0) is 14.8 Å². The van der Waals surface area contributed by atoms with E-state index >= 15 is 0 Å². The van der Waals surface area contributed by atoms with Crippen molar-refractivity contribution in [2.24, 2.45) is 11.8 Å². The molecular weight excluding hydrogens is 310 g/mol. The minimum absolute atomic E-state index is 0.00973. The number of carbonyl (C=O) groups is 1. The smallest absolute Gasteiger partial charge is 0.307 e. The van der Waals surface area contributed by atoms with Crippen LogP contribution in [-0.4, -0.2) is 47.2 Å². The molecule has 2 unspecified atom stereocenters. The minimum Gasteiger partial charge on any atom is -0.481 e. The Labute approximate surface area is 126 Å². The topological polar surface area (TPSA) is 114 Å². The number of sulfonamides is 1.